The lowest BCUT2D eigenvalue weighted by Crippen LogP contribution is -2.25. The fraction of sp³-hybridized carbons (Fsp3) is 0.778. The highest BCUT2D eigenvalue weighted by Gasteiger charge is 2.31. The van der Waals surface area contributed by atoms with Gasteiger partial charge in [-0.3, -0.25) is 0 Å². The summed E-state index contributed by atoms with van der Waals surface area (Å²) in [5.41, 5.74) is -0.918. The molecule has 1 atom stereocenters. The number of nitrogens with zero attached hydrogens (tertiary/aromatic N) is 3. The minimum absolute atomic E-state index is 0.0216. The molecule has 0 saturated heterocycles. The molecule has 0 aromatic carbocycles. The third-order valence-electron chi connectivity index (χ3n) is 2.39. The van der Waals surface area contributed by atoms with E-state index in [9.17, 15) is 18.3 Å². The fourth-order valence-corrected chi connectivity index (χ4v) is 1.54. The van der Waals surface area contributed by atoms with E-state index in [0.717, 1.165) is 0 Å². The second kappa shape index (κ2) is 4.40. The summed E-state index contributed by atoms with van der Waals surface area (Å²) in [4.78, 5) is 0. The molecular weight excluding hydrogens is 223 g/mol. The maximum atomic E-state index is 11.9. The average molecular weight is 237 g/mol. The van der Waals surface area contributed by atoms with E-state index < -0.39 is 18.2 Å². The van der Waals surface area contributed by atoms with Crippen LogP contribution in [0.4, 0.5) is 13.2 Å². The standard InChI is InChI=1S/C9H14F3N3O/c1-8(16,4-3-5-9(10,11)12)7-6-13-14-15(7)2/h6,16H,3-5H2,1-2H3. The maximum absolute atomic E-state index is 11.9. The minimum Gasteiger partial charge on any atom is -0.384 e. The molecule has 1 rings (SSSR count). The first-order valence-corrected chi connectivity index (χ1v) is 4.87. The van der Waals surface area contributed by atoms with Gasteiger partial charge in [0.1, 0.15) is 5.60 Å². The molecule has 0 bridgehead atoms. The molecule has 16 heavy (non-hydrogen) atoms. The molecule has 0 fully saturated rings. The van der Waals surface area contributed by atoms with Crippen molar-refractivity contribution in [3.8, 4) is 0 Å². The number of hydrogen-bond donors (Lipinski definition) is 1. The van der Waals surface area contributed by atoms with Gasteiger partial charge in [0.2, 0.25) is 0 Å². The third-order valence-corrected chi connectivity index (χ3v) is 2.39. The van der Waals surface area contributed by atoms with Crippen molar-refractivity contribution >= 4 is 0 Å². The molecule has 92 valence electrons. The lowest BCUT2D eigenvalue weighted by Gasteiger charge is -2.22. The normalized spacial score (nSPS) is 16.1. The summed E-state index contributed by atoms with van der Waals surface area (Å²) in [6, 6.07) is 0. The van der Waals surface area contributed by atoms with E-state index >= 15 is 0 Å². The molecule has 0 saturated carbocycles. The molecule has 0 amide bonds. The Morgan fingerprint density at radius 3 is 2.44 bits per heavy atom. The summed E-state index contributed by atoms with van der Waals surface area (Å²) in [6.45, 7) is 1.46. The average Bonchev–Trinajstić information content (AvgIpc) is 2.48. The van der Waals surface area contributed by atoms with Crippen molar-refractivity contribution in [2.24, 2.45) is 7.05 Å². The van der Waals surface area contributed by atoms with Gasteiger partial charge in [-0.15, -0.1) is 5.10 Å². The quantitative estimate of drug-likeness (QED) is 0.868. The first kappa shape index (κ1) is 13.0. The van der Waals surface area contributed by atoms with Crippen molar-refractivity contribution in [3.05, 3.63) is 11.9 Å². The van der Waals surface area contributed by atoms with Gasteiger partial charge >= 0.3 is 6.18 Å². The minimum atomic E-state index is -4.18. The van der Waals surface area contributed by atoms with Crippen molar-refractivity contribution in [1.29, 1.82) is 0 Å². The van der Waals surface area contributed by atoms with E-state index in [1.165, 1.54) is 17.8 Å². The Balaban J connectivity index is 2.56. The highest BCUT2D eigenvalue weighted by molar-refractivity contribution is 5.05. The Hall–Kier alpha value is -1.11. The summed E-state index contributed by atoms with van der Waals surface area (Å²) < 4.78 is 37.2. The molecular formula is C9H14F3N3O. The van der Waals surface area contributed by atoms with Gasteiger partial charge in [-0.25, -0.2) is 4.68 Å². The van der Waals surface area contributed by atoms with E-state index in [1.54, 1.807) is 7.05 Å². The van der Waals surface area contributed by atoms with Crippen molar-refractivity contribution in [1.82, 2.24) is 15.0 Å². The monoisotopic (exact) mass is 237 g/mol. The van der Waals surface area contributed by atoms with E-state index in [-0.39, 0.29) is 12.8 Å². The molecule has 0 aliphatic rings. The summed E-state index contributed by atoms with van der Waals surface area (Å²) in [5, 5.41) is 17.2. The molecule has 0 radical (unpaired) electrons. The Morgan fingerprint density at radius 1 is 1.38 bits per heavy atom. The second-order valence-corrected chi connectivity index (χ2v) is 3.99. The topological polar surface area (TPSA) is 50.9 Å². The van der Waals surface area contributed by atoms with Gasteiger partial charge in [0.15, 0.2) is 0 Å². The van der Waals surface area contributed by atoms with Crippen LogP contribution in [0.25, 0.3) is 0 Å². The predicted molar refractivity (Wildman–Crippen MR) is 50.5 cm³/mol. The number of aryl methyl sites for hydroxylation is 1. The van der Waals surface area contributed by atoms with Crippen molar-refractivity contribution in [2.75, 3.05) is 0 Å². The van der Waals surface area contributed by atoms with Crippen LogP contribution in [-0.4, -0.2) is 26.3 Å². The van der Waals surface area contributed by atoms with E-state index in [0.29, 0.717) is 5.69 Å². The Labute approximate surface area is 91.1 Å². The van der Waals surface area contributed by atoms with Crippen LogP contribution in [-0.2, 0) is 12.6 Å². The zero-order chi connectivity index (χ0) is 12.4. The number of aliphatic hydroxyl groups is 1. The van der Waals surface area contributed by atoms with Gasteiger partial charge in [-0.1, -0.05) is 5.21 Å². The second-order valence-electron chi connectivity index (χ2n) is 3.99. The molecule has 0 aliphatic heterocycles. The van der Waals surface area contributed by atoms with Crippen LogP contribution >= 0.6 is 0 Å². The van der Waals surface area contributed by atoms with Gasteiger partial charge in [0.25, 0.3) is 0 Å². The van der Waals surface area contributed by atoms with Crippen LogP contribution < -0.4 is 0 Å². The zero-order valence-corrected chi connectivity index (χ0v) is 9.12. The number of halogens is 3. The van der Waals surface area contributed by atoms with Crippen LogP contribution in [0.2, 0.25) is 0 Å². The van der Waals surface area contributed by atoms with E-state index in [4.69, 9.17) is 0 Å². The SMILES string of the molecule is Cn1nncc1C(C)(O)CCCC(F)(F)F. The fourth-order valence-electron chi connectivity index (χ4n) is 1.54. The number of alkyl halides is 3. The smallest absolute Gasteiger partial charge is 0.384 e. The van der Waals surface area contributed by atoms with Gasteiger partial charge in [0.05, 0.1) is 11.9 Å². The Kier molecular flexibility index (Phi) is 3.57. The first-order valence-electron chi connectivity index (χ1n) is 4.87. The van der Waals surface area contributed by atoms with Crippen molar-refractivity contribution in [3.63, 3.8) is 0 Å². The molecule has 0 spiro atoms. The summed E-state index contributed by atoms with van der Waals surface area (Å²) in [5.74, 6) is 0. The molecule has 1 N–H and O–H groups in total. The highest BCUT2D eigenvalue weighted by Crippen LogP contribution is 2.29. The predicted octanol–water partition coefficient (Wildman–Crippen LogP) is 1.76. The molecule has 0 aliphatic carbocycles. The number of rotatable bonds is 4. The lowest BCUT2D eigenvalue weighted by atomic mass is 9.95. The Morgan fingerprint density at radius 2 is 2.00 bits per heavy atom. The zero-order valence-electron chi connectivity index (χ0n) is 9.12. The van der Waals surface area contributed by atoms with E-state index in [2.05, 4.69) is 10.3 Å². The number of aromatic nitrogens is 3. The molecule has 7 heteroatoms. The summed E-state index contributed by atoms with van der Waals surface area (Å²) in [6.07, 6.45) is -3.82. The van der Waals surface area contributed by atoms with Gasteiger partial charge < -0.3 is 5.11 Å². The van der Waals surface area contributed by atoms with Crippen molar-refractivity contribution < 1.29 is 18.3 Å². The number of hydrogen-bond acceptors (Lipinski definition) is 3. The molecule has 4 nitrogen and oxygen atoms in total. The first-order chi connectivity index (χ1) is 7.22. The Bertz CT molecular complexity index is 346. The van der Waals surface area contributed by atoms with Crippen LogP contribution in [0.1, 0.15) is 31.9 Å². The molecule has 1 heterocycles. The van der Waals surface area contributed by atoms with Crippen molar-refractivity contribution in [2.45, 2.75) is 38.0 Å². The van der Waals surface area contributed by atoms with Gasteiger partial charge in [-0.05, 0) is 19.8 Å². The third kappa shape index (κ3) is 3.48. The molecule has 1 aromatic heterocycles. The molecule has 1 aromatic rings. The molecule has 1 unspecified atom stereocenters. The summed E-state index contributed by atoms with van der Waals surface area (Å²) in [7, 11) is 1.58. The summed E-state index contributed by atoms with van der Waals surface area (Å²) >= 11 is 0. The van der Waals surface area contributed by atoms with Crippen LogP contribution in [0.15, 0.2) is 6.20 Å². The van der Waals surface area contributed by atoms with Crippen LogP contribution in [0, 0.1) is 0 Å². The highest BCUT2D eigenvalue weighted by atomic mass is 19.4. The van der Waals surface area contributed by atoms with Crippen LogP contribution in [0.3, 0.4) is 0 Å². The van der Waals surface area contributed by atoms with Gasteiger partial charge in [-0.2, -0.15) is 13.2 Å². The lowest BCUT2D eigenvalue weighted by molar-refractivity contribution is -0.137. The van der Waals surface area contributed by atoms with Gasteiger partial charge in [0, 0.05) is 13.5 Å². The van der Waals surface area contributed by atoms with E-state index in [1.807, 2.05) is 0 Å². The largest absolute Gasteiger partial charge is 0.389 e. The maximum Gasteiger partial charge on any atom is 0.389 e. The van der Waals surface area contributed by atoms with Crippen LogP contribution in [0.5, 0.6) is 0 Å².